The van der Waals surface area contributed by atoms with Crippen molar-refractivity contribution in [1.82, 2.24) is 0 Å². The van der Waals surface area contributed by atoms with Crippen molar-refractivity contribution in [3.8, 4) is 6.07 Å². The van der Waals surface area contributed by atoms with E-state index < -0.39 is 0 Å². The highest BCUT2D eigenvalue weighted by molar-refractivity contribution is 5.95. The molecule has 5 nitrogen and oxygen atoms in total. The molecule has 0 aliphatic carbocycles. The third kappa shape index (κ3) is 5.57. The molecule has 0 saturated heterocycles. The van der Waals surface area contributed by atoms with Crippen molar-refractivity contribution in [3.05, 3.63) is 29.8 Å². The van der Waals surface area contributed by atoms with Crippen molar-refractivity contribution >= 4 is 17.6 Å². The standard InChI is InChI=1S/C17H22N2O3/c1-3-12-22-17(21)9-8-16(20)19(11-10-18)15-7-5-6-14(4-2)13-15/h5-7,13H,3-4,8-9,11-12H2,1-2H3. The van der Waals surface area contributed by atoms with Crippen LogP contribution in [0.1, 0.15) is 38.7 Å². The second-order valence-corrected chi connectivity index (χ2v) is 4.88. The van der Waals surface area contributed by atoms with Crippen LogP contribution in [0.2, 0.25) is 0 Å². The minimum Gasteiger partial charge on any atom is -0.466 e. The number of ether oxygens (including phenoxy) is 1. The molecule has 1 aromatic carbocycles. The molecule has 0 atom stereocenters. The highest BCUT2D eigenvalue weighted by Crippen LogP contribution is 2.18. The first kappa shape index (κ1) is 17.7. The number of nitriles is 1. The summed E-state index contributed by atoms with van der Waals surface area (Å²) in [6, 6.07) is 9.52. The molecule has 22 heavy (non-hydrogen) atoms. The van der Waals surface area contributed by atoms with E-state index in [-0.39, 0.29) is 31.3 Å². The Kier molecular flexibility index (Phi) is 7.69. The van der Waals surface area contributed by atoms with E-state index >= 15 is 0 Å². The second-order valence-electron chi connectivity index (χ2n) is 4.88. The quantitative estimate of drug-likeness (QED) is 0.547. The third-order valence-electron chi connectivity index (χ3n) is 3.17. The van der Waals surface area contributed by atoms with Crippen LogP contribution in [0, 0.1) is 11.3 Å². The monoisotopic (exact) mass is 302 g/mol. The predicted octanol–water partition coefficient (Wildman–Crippen LogP) is 2.84. The molecule has 0 heterocycles. The number of hydrogen-bond donors (Lipinski definition) is 0. The van der Waals surface area contributed by atoms with Gasteiger partial charge < -0.3 is 4.74 Å². The van der Waals surface area contributed by atoms with Crippen LogP contribution in [0.3, 0.4) is 0 Å². The lowest BCUT2D eigenvalue weighted by atomic mass is 10.1. The zero-order chi connectivity index (χ0) is 16.4. The van der Waals surface area contributed by atoms with E-state index in [9.17, 15) is 9.59 Å². The lowest BCUT2D eigenvalue weighted by Crippen LogP contribution is -2.31. The first-order chi connectivity index (χ1) is 10.6. The molecule has 0 unspecified atom stereocenters. The van der Waals surface area contributed by atoms with Crippen LogP contribution in [0.15, 0.2) is 24.3 Å². The van der Waals surface area contributed by atoms with E-state index in [2.05, 4.69) is 0 Å². The number of hydrogen-bond acceptors (Lipinski definition) is 4. The maximum atomic E-state index is 12.3. The number of amides is 1. The van der Waals surface area contributed by atoms with Crippen LogP contribution >= 0.6 is 0 Å². The Bertz CT molecular complexity index is 549. The Balaban J connectivity index is 2.71. The van der Waals surface area contributed by atoms with Gasteiger partial charge in [-0.15, -0.1) is 0 Å². The summed E-state index contributed by atoms with van der Waals surface area (Å²) in [5.74, 6) is -0.627. The maximum absolute atomic E-state index is 12.3. The van der Waals surface area contributed by atoms with Gasteiger partial charge in [0.2, 0.25) is 5.91 Å². The van der Waals surface area contributed by atoms with E-state index in [0.717, 1.165) is 18.4 Å². The van der Waals surface area contributed by atoms with Gasteiger partial charge in [0.1, 0.15) is 6.54 Å². The molecule has 0 spiro atoms. The maximum Gasteiger partial charge on any atom is 0.306 e. The molecule has 118 valence electrons. The Morgan fingerprint density at radius 2 is 2.05 bits per heavy atom. The molecule has 0 fully saturated rings. The number of carbonyl (C=O) groups excluding carboxylic acids is 2. The van der Waals surface area contributed by atoms with Gasteiger partial charge >= 0.3 is 5.97 Å². The van der Waals surface area contributed by atoms with Crippen molar-refractivity contribution in [2.24, 2.45) is 0 Å². The summed E-state index contributed by atoms with van der Waals surface area (Å²) in [5, 5.41) is 8.93. The van der Waals surface area contributed by atoms with Crippen molar-refractivity contribution in [2.45, 2.75) is 39.5 Å². The van der Waals surface area contributed by atoms with Crippen LogP contribution in [-0.2, 0) is 20.7 Å². The lowest BCUT2D eigenvalue weighted by Gasteiger charge is -2.20. The van der Waals surface area contributed by atoms with E-state index in [4.69, 9.17) is 10.00 Å². The van der Waals surface area contributed by atoms with Crippen molar-refractivity contribution < 1.29 is 14.3 Å². The van der Waals surface area contributed by atoms with Gasteiger partial charge in [0.15, 0.2) is 0 Å². The summed E-state index contributed by atoms with van der Waals surface area (Å²) in [4.78, 5) is 25.2. The molecule has 0 bridgehead atoms. The molecule has 0 saturated carbocycles. The molecule has 0 aromatic heterocycles. The number of aryl methyl sites for hydroxylation is 1. The minimum atomic E-state index is -0.380. The smallest absolute Gasteiger partial charge is 0.306 e. The zero-order valence-corrected chi connectivity index (χ0v) is 13.2. The zero-order valence-electron chi connectivity index (χ0n) is 13.2. The predicted molar refractivity (Wildman–Crippen MR) is 84.3 cm³/mol. The molecular weight excluding hydrogens is 280 g/mol. The number of anilines is 1. The largest absolute Gasteiger partial charge is 0.466 e. The normalized spacial score (nSPS) is 9.86. The summed E-state index contributed by atoms with van der Waals surface area (Å²) < 4.78 is 4.95. The fourth-order valence-corrected chi connectivity index (χ4v) is 1.97. The molecule has 0 aliphatic heterocycles. The Morgan fingerprint density at radius 3 is 2.68 bits per heavy atom. The highest BCUT2D eigenvalue weighted by Gasteiger charge is 2.17. The van der Waals surface area contributed by atoms with Gasteiger partial charge in [-0.25, -0.2) is 0 Å². The second kappa shape index (κ2) is 9.56. The summed E-state index contributed by atoms with van der Waals surface area (Å²) in [5.41, 5.74) is 1.78. The molecule has 1 rings (SSSR count). The molecule has 0 aliphatic rings. The number of carbonyl (C=O) groups is 2. The van der Waals surface area contributed by atoms with E-state index in [1.165, 1.54) is 4.90 Å². The highest BCUT2D eigenvalue weighted by atomic mass is 16.5. The lowest BCUT2D eigenvalue weighted by molar-refractivity contribution is -0.144. The Labute approximate surface area is 131 Å². The fraction of sp³-hybridized carbons (Fsp3) is 0.471. The van der Waals surface area contributed by atoms with Crippen molar-refractivity contribution in [2.75, 3.05) is 18.1 Å². The number of benzene rings is 1. The van der Waals surface area contributed by atoms with Crippen LogP contribution in [0.5, 0.6) is 0 Å². The fourth-order valence-electron chi connectivity index (χ4n) is 1.97. The average molecular weight is 302 g/mol. The van der Waals surface area contributed by atoms with Crippen LogP contribution in [0.25, 0.3) is 0 Å². The average Bonchev–Trinajstić information content (AvgIpc) is 2.55. The molecule has 5 heteroatoms. The van der Waals surface area contributed by atoms with Crippen LogP contribution in [0.4, 0.5) is 5.69 Å². The van der Waals surface area contributed by atoms with Gasteiger partial charge in [0.05, 0.1) is 19.1 Å². The van der Waals surface area contributed by atoms with Gasteiger partial charge in [0, 0.05) is 12.1 Å². The Hall–Kier alpha value is -2.35. The molecular formula is C17H22N2O3. The van der Waals surface area contributed by atoms with Crippen molar-refractivity contribution in [3.63, 3.8) is 0 Å². The first-order valence-electron chi connectivity index (χ1n) is 7.54. The summed E-state index contributed by atoms with van der Waals surface area (Å²) in [6.45, 7) is 4.27. The van der Waals surface area contributed by atoms with Crippen LogP contribution in [-0.4, -0.2) is 25.0 Å². The molecule has 0 radical (unpaired) electrons. The first-order valence-corrected chi connectivity index (χ1v) is 7.54. The van der Waals surface area contributed by atoms with Crippen molar-refractivity contribution in [1.29, 1.82) is 5.26 Å². The number of nitrogens with zero attached hydrogens (tertiary/aromatic N) is 2. The summed E-state index contributed by atoms with van der Waals surface area (Å²) in [7, 11) is 0. The molecule has 1 amide bonds. The minimum absolute atomic E-state index is 0.0317. The SMILES string of the molecule is CCCOC(=O)CCC(=O)N(CC#N)c1cccc(CC)c1. The molecule has 1 aromatic rings. The number of rotatable bonds is 8. The van der Waals surface area contributed by atoms with Gasteiger partial charge in [0.25, 0.3) is 0 Å². The summed E-state index contributed by atoms with van der Waals surface area (Å²) in [6.07, 6.45) is 1.69. The van der Waals surface area contributed by atoms with E-state index in [1.807, 2.05) is 38.1 Å². The molecule has 0 N–H and O–H groups in total. The third-order valence-corrected chi connectivity index (χ3v) is 3.17. The van der Waals surface area contributed by atoms with Gasteiger partial charge in [-0.3, -0.25) is 14.5 Å². The topological polar surface area (TPSA) is 70.4 Å². The summed E-state index contributed by atoms with van der Waals surface area (Å²) >= 11 is 0. The Morgan fingerprint density at radius 1 is 1.27 bits per heavy atom. The van der Waals surface area contributed by atoms with E-state index in [0.29, 0.717) is 12.3 Å². The van der Waals surface area contributed by atoms with Gasteiger partial charge in [-0.05, 0) is 30.5 Å². The van der Waals surface area contributed by atoms with Gasteiger partial charge in [-0.1, -0.05) is 26.0 Å². The number of esters is 1. The van der Waals surface area contributed by atoms with Gasteiger partial charge in [-0.2, -0.15) is 5.26 Å². The van der Waals surface area contributed by atoms with Crippen LogP contribution < -0.4 is 4.90 Å². The van der Waals surface area contributed by atoms with E-state index in [1.54, 1.807) is 6.07 Å².